The van der Waals surface area contributed by atoms with Crippen molar-refractivity contribution >= 4 is 16.6 Å². The number of nitrogens with zero attached hydrogens (tertiary/aromatic N) is 3. The molecule has 1 aromatic carbocycles. The molecule has 2 aromatic rings. The van der Waals surface area contributed by atoms with Crippen LogP contribution in [0.2, 0.25) is 0 Å². The summed E-state index contributed by atoms with van der Waals surface area (Å²) in [5, 5.41) is 25.1. The Labute approximate surface area is 97.6 Å². The number of para-hydroxylation sites is 1. The van der Waals surface area contributed by atoms with E-state index in [4.69, 9.17) is 5.11 Å². The summed E-state index contributed by atoms with van der Waals surface area (Å²) in [5.41, 5.74) is 1.22. The van der Waals surface area contributed by atoms with Gasteiger partial charge in [-0.3, -0.25) is 14.8 Å². The highest BCUT2D eigenvalue weighted by atomic mass is 16.6. The van der Waals surface area contributed by atoms with Gasteiger partial charge in [-0.05, 0) is 0 Å². The van der Waals surface area contributed by atoms with E-state index in [1.54, 1.807) is 19.2 Å². The third kappa shape index (κ3) is 1.76. The Morgan fingerprint density at radius 3 is 2.88 bits per heavy atom. The van der Waals surface area contributed by atoms with Crippen molar-refractivity contribution in [1.29, 1.82) is 0 Å². The Morgan fingerprint density at radius 1 is 1.59 bits per heavy atom. The lowest BCUT2D eigenvalue weighted by Crippen LogP contribution is -2.01. The average Bonchev–Trinajstić information content (AvgIpc) is 2.66. The van der Waals surface area contributed by atoms with Crippen LogP contribution in [0, 0.1) is 10.1 Å². The highest BCUT2D eigenvalue weighted by Crippen LogP contribution is 2.30. The fraction of sp³-hybridized carbons (Fsp3) is 0.364. The molecule has 1 aromatic heterocycles. The smallest absolute Gasteiger partial charge is 0.295 e. The van der Waals surface area contributed by atoms with Gasteiger partial charge in [0.2, 0.25) is 0 Å². The number of hydrogen-bond acceptors (Lipinski definition) is 4. The van der Waals surface area contributed by atoms with E-state index in [1.165, 1.54) is 10.7 Å². The third-order valence-electron chi connectivity index (χ3n) is 2.81. The second-order valence-electron chi connectivity index (χ2n) is 4.02. The second kappa shape index (κ2) is 4.14. The Hall–Kier alpha value is -1.95. The van der Waals surface area contributed by atoms with E-state index in [9.17, 15) is 10.1 Å². The molecule has 1 N–H and O–H groups in total. The summed E-state index contributed by atoms with van der Waals surface area (Å²) >= 11 is 0. The number of benzene rings is 1. The molecule has 1 atom stereocenters. The lowest BCUT2D eigenvalue weighted by Gasteiger charge is -2.03. The van der Waals surface area contributed by atoms with Crippen LogP contribution in [0.4, 0.5) is 5.69 Å². The van der Waals surface area contributed by atoms with Crippen molar-refractivity contribution in [2.45, 2.75) is 12.8 Å². The summed E-state index contributed by atoms with van der Waals surface area (Å²) in [5.74, 6) is -0.138. The van der Waals surface area contributed by atoms with Crippen molar-refractivity contribution in [1.82, 2.24) is 9.78 Å². The predicted molar refractivity (Wildman–Crippen MR) is 62.9 cm³/mol. The molecule has 0 bridgehead atoms. The average molecular weight is 235 g/mol. The maximum Gasteiger partial charge on any atom is 0.295 e. The van der Waals surface area contributed by atoms with E-state index in [2.05, 4.69) is 5.10 Å². The second-order valence-corrected chi connectivity index (χ2v) is 4.02. The number of non-ortho nitro benzene ring substituents is 1. The van der Waals surface area contributed by atoms with Crippen molar-refractivity contribution in [3.63, 3.8) is 0 Å². The van der Waals surface area contributed by atoms with Crippen molar-refractivity contribution in [3.05, 3.63) is 34.0 Å². The zero-order valence-electron chi connectivity index (χ0n) is 9.62. The van der Waals surface area contributed by atoms with Crippen LogP contribution in [0.5, 0.6) is 0 Å². The number of fused-ring (bicyclic) bond motifs is 1. The van der Waals surface area contributed by atoms with Crippen LogP contribution in [0.1, 0.15) is 18.5 Å². The molecule has 6 nitrogen and oxygen atoms in total. The van der Waals surface area contributed by atoms with Crippen LogP contribution in [-0.2, 0) is 7.05 Å². The maximum atomic E-state index is 10.9. The molecular weight excluding hydrogens is 222 g/mol. The van der Waals surface area contributed by atoms with Gasteiger partial charge in [0.25, 0.3) is 5.69 Å². The highest BCUT2D eigenvalue weighted by molar-refractivity contribution is 5.90. The van der Waals surface area contributed by atoms with Gasteiger partial charge in [-0.2, -0.15) is 5.10 Å². The molecule has 0 saturated heterocycles. The summed E-state index contributed by atoms with van der Waals surface area (Å²) in [6.07, 6.45) is 0. The number of aliphatic hydroxyl groups excluding tert-OH is 1. The Morgan fingerprint density at radius 2 is 2.29 bits per heavy atom. The monoisotopic (exact) mass is 235 g/mol. The predicted octanol–water partition coefficient (Wildman–Crippen LogP) is 1.58. The first kappa shape index (κ1) is 11.5. The molecule has 0 fully saturated rings. The standard InChI is InChI=1S/C11H13N3O3/c1-7(6-15)10-8-4-3-5-9(14(16)17)11(8)13(2)12-10/h3-5,7,15H,6H2,1-2H3. The summed E-state index contributed by atoms with van der Waals surface area (Å²) in [6.45, 7) is 1.80. The van der Waals surface area contributed by atoms with Crippen LogP contribution in [0.15, 0.2) is 18.2 Å². The number of aromatic nitrogens is 2. The lowest BCUT2D eigenvalue weighted by molar-refractivity contribution is -0.383. The Balaban J connectivity index is 2.77. The topological polar surface area (TPSA) is 81.2 Å². The van der Waals surface area contributed by atoms with Crippen molar-refractivity contribution < 1.29 is 10.0 Å². The summed E-state index contributed by atoms with van der Waals surface area (Å²) in [6, 6.07) is 4.88. The summed E-state index contributed by atoms with van der Waals surface area (Å²) < 4.78 is 1.50. The molecular formula is C11H13N3O3. The van der Waals surface area contributed by atoms with Gasteiger partial charge < -0.3 is 5.11 Å². The van der Waals surface area contributed by atoms with Gasteiger partial charge in [0.05, 0.1) is 17.2 Å². The fourth-order valence-corrected chi connectivity index (χ4v) is 1.94. The van der Waals surface area contributed by atoms with Gasteiger partial charge in [0.15, 0.2) is 0 Å². The largest absolute Gasteiger partial charge is 0.396 e. The minimum absolute atomic E-state index is 0.0329. The van der Waals surface area contributed by atoms with Crippen LogP contribution in [-0.4, -0.2) is 26.4 Å². The SMILES string of the molecule is CC(CO)c1nn(C)c2c([N+](=O)[O-])cccc12. The Kier molecular flexibility index (Phi) is 2.81. The number of hydrogen-bond donors (Lipinski definition) is 1. The molecule has 1 unspecified atom stereocenters. The number of nitro groups is 1. The molecule has 90 valence electrons. The van der Waals surface area contributed by atoms with Crippen LogP contribution in [0.25, 0.3) is 10.9 Å². The Bertz CT molecular complexity index is 577. The van der Waals surface area contributed by atoms with Gasteiger partial charge in [-0.15, -0.1) is 0 Å². The van der Waals surface area contributed by atoms with E-state index in [0.29, 0.717) is 11.2 Å². The number of aliphatic hydroxyl groups is 1. The molecule has 1 heterocycles. The first-order chi connectivity index (χ1) is 8.06. The summed E-state index contributed by atoms with van der Waals surface area (Å²) in [7, 11) is 1.67. The minimum atomic E-state index is -0.419. The van der Waals surface area contributed by atoms with Gasteiger partial charge in [-0.1, -0.05) is 19.1 Å². The lowest BCUT2D eigenvalue weighted by atomic mass is 10.0. The molecule has 0 aliphatic heterocycles. The van der Waals surface area contributed by atoms with E-state index in [1.807, 2.05) is 6.92 Å². The molecule has 6 heteroatoms. The summed E-state index contributed by atoms with van der Waals surface area (Å²) in [4.78, 5) is 10.5. The zero-order valence-corrected chi connectivity index (χ0v) is 9.62. The quantitative estimate of drug-likeness (QED) is 0.646. The molecule has 2 rings (SSSR count). The molecule has 0 radical (unpaired) electrons. The van der Waals surface area contributed by atoms with Gasteiger partial charge >= 0.3 is 0 Å². The number of nitro benzene ring substituents is 1. The maximum absolute atomic E-state index is 10.9. The van der Waals surface area contributed by atoms with E-state index in [-0.39, 0.29) is 18.2 Å². The molecule has 0 spiro atoms. The molecule has 0 saturated carbocycles. The van der Waals surface area contributed by atoms with Gasteiger partial charge in [-0.25, -0.2) is 0 Å². The van der Waals surface area contributed by atoms with Crippen molar-refractivity contribution in [3.8, 4) is 0 Å². The minimum Gasteiger partial charge on any atom is -0.396 e. The fourth-order valence-electron chi connectivity index (χ4n) is 1.94. The first-order valence-corrected chi connectivity index (χ1v) is 5.27. The van der Waals surface area contributed by atoms with Gasteiger partial charge in [0, 0.05) is 24.4 Å². The van der Waals surface area contributed by atoms with Gasteiger partial charge in [0.1, 0.15) is 5.52 Å². The third-order valence-corrected chi connectivity index (χ3v) is 2.81. The van der Waals surface area contributed by atoms with Crippen molar-refractivity contribution in [2.75, 3.05) is 6.61 Å². The van der Waals surface area contributed by atoms with E-state index < -0.39 is 4.92 Å². The van der Waals surface area contributed by atoms with E-state index >= 15 is 0 Å². The highest BCUT2D eigenvalue weighted by Gasteiger charge is 2.21. The molecule has 0 amide bonds. The number of aryl methyl sites for hydroxylation is 1. The molecule has 17 heavy (non-hydrogen) atoms. The number of rotatable bonds is 3. The van der Waals surface area contributed by atoms with E-state index in [0.717, 1.165) is 5.39 Å². The molecule has 0 aliphatic rings. The molecule has 0 aliphatic carbocycles. The van der Waals surface area contributed by atoms with Crippen LogP contribution < -0.4 is 0 Å². The van der Waals surface area contributed by atoms with Crippen molar-refractivity contribution in [2.24, 2.45) is 7.05 Å². The first-order valence-electron chi connectivity index (χ1n) is 5.27. The normalized spacial score (nSPS) is 12.9. The zero-order chi connectivity index (χ0) is 12.6. The van der Waals surface area contributed by atoms with Crippen LogP contribution in [0.3, 0.4) is 0 Å². The van der Waals surface area contributed by atoms with Crippen LogP contribution >= 0.6 is 0 Å².